The molecule has 0 aromatic carbocycles. The van der Waals surface area contributed by atoms with Crippen LogP contribution in [0.5, 0.6) is 0 Å². The van der Waals surface area contributed by atoms with Crippen LogP contribution >= 0.6 is 0 Å². The maximum Gasteiger partial charge on any atom is 0.338 e. The zero-order valence-corrected chi connectivity index (χ0v) is 10.3. The first-order chi connectivity index (χ1) is 7.66. The van der Waals surface area contributed by atoms with E-state index in [1.807, 2.05) is 0 Å². The summed E-state index contributed by atoms with van der Waals surface area (Å²) in [6.45, 7) is 4.41. The molecule has 0 bridgehead atoms. The summed E-state index contributed by atoms with van der Waals surface area (Å²) in [4.78, 5) is 22.5. The Morgan fingerprint density at radius 3 is 2.59 bits per heavy atom. The number of ether oxygens (including phenoxy) is 3. The van der Waals surface area contributed by atoms with Crippen molar-refractivity contribution in [3.63, 3.8) is 0 Å². The molecule has 1 aliphatic rings. The van der Waals surface area contributed by atoms with Crippen molar-refractivity contribution in [3.8, 4) is 0 Å². The SMILES string of the molecule is COC(=O)[C@@](C)(O)CC1=CC(=O)OC(C)(C)O1. The van der Waals surface area contributed by atoms with Crippen LogP contribution < -0.4 is 0 Å². The summed E-state index contributed by atoms with van der Waals surface area (Å²) in [7, 11) is 1.17. The molecule has 1 rings (SSSR count). The largest absolute Gasteiger partial charge is 0.467 e. The Labute approximate surface area is 99.2 Å². The van der Waals surface area contributed by atoms with Crippen molar-refractivity contribution >= 4 is 11.9 Å². The van der Waals surface area contributed by atoms with Gasteiger partial charge in [0, 0.05) is 20.3 Å². The molecule has 0 spiro atoms. The minimum Gasteiger partial charge on any atom is -0.467 e. The van der Waals surface area contributed by atoms with Crippen molar-refractivity contribution in [1.82, 2.24) is 0 Å². The molecule has 0 aromatic heterocycles. The zero-order valence-electron chi connectivity index (χ0n) is 10.3. The van der Waals surface area contributed by atoms with E-state index in [9.17, 15) is 14.7 Å². The monoisotopic (exact) mass is 244 g/mol. The van der Waals surface area contributed by atoms with Crippen LogP contribution in [0.4, 0.5) is 0 Å². The van der Waals surface area contributed by atoms with Crippen LogP contribution in [0.15, 0.2) is 11.8 Å². The second-order valence-electron chi connectivity index (χ2n) is 4.48. The van der Waals surface area contributed by atoms with Gasteiger partial charge >= 0.3 is 11.9 Å². The van der Waals surface area contributed by atoms with E-state index >= 15 is 0 Å². The van der Waals surface area contributed by atoms with Gasteiger partial charge in [-0.2, -0.15) is 0 Å². The van der Waals surface area contributed by atoms with Gasteiger partial charge in [0.25, 0.3) is 0 Å². The smallest absolute Gasteiger partial charge is 0.338 e. The Kier molecular flexibility index (Phi) is 3.47. The van der Waals surface area contributed by atoms with Crippen LogP contribution in [0.1, 0.15) is 27.2 Å². The lowest BCUT2D eigenvalue weighted by atomic mass is 10.0. The van der Waals surface area contributed by atoms with Gasteiger partial charge in [-0.25, -0.2) is 9.59 Å². The summed E-state index contributed by atoms with van der Waals surface area (Å²) in [5.41, 5.74) is -1.74. The minimum atomic E-state index is -1.74. The summed E-state index contributed by atoms with van der Waals surface area (Å²) in [5, 5.41) is 9.84. The molecule has 0 unspecified atom stereocenters. The fraction of sp³-hybridized carbons (Fsp3) is 0.636. The van der Waals surface area contributed by atoms with E-state index in [-0.39, 0.29) is 12.2 Å². The molecule has 0 saturated carbocycles. The lowest BCUT2D eigenvalue weighted by Gasteiger charge is -2.32. The Morgan fingerprint density at radius 1 is 1.53 bits per heavy atom. The molecule has 0 fully saturated rings. The van der Waals surface area contributed by atoms with Crippen molar-refractivity contribution in [2.75, 3.05) is 7.11 Å². The highest BCUT2D eigenvalue weighted by Gasteiger charge is 2.37. The molecule has 6 nitrogen and oxygen atoms in total. The average Bonchev–Trinajstić information content (AvgIpc) is 2.11. The van der Waals surface area contributed by atoms with Crippen molar-refractivity contribution in [2.24, 2.45) is 0 Å². The van der Waals surface area contributed by atoms with Crippen LogP contribution in [-0.4, -0.2) is 35.5 Å². The van der Waals surface area contributed by atoms with E-state index in [1.54, 1.807) is 13.8 Å². The van der Waals surface area contributed by atoms with Gasteiger partial charge in [0.05, 0.1) is 13.2 Å². The summed E-state index contributed by atoms with van der Waals surface area (Å²) >= 11 is 0. The lowest BCUT2D eigenvalue weighted by molar-refractivity contribution is -0.208. The predicted octanol–water partition coefficient (Wildman–Crippen LogP) is 0.494. The molecule has 1 N–H and O–H groups in total. The molecular formula is C11H16O6. The van der Waals surface area contributed by atoms with Crippen molar-refractivity contribution in [1.29, 1.82) is 0 Å². The van der Waals surface area contributed by atoms with E-state index in [0.717, 1.165) is 6.08 Å². The van der Waals surface area contributed by atoms with Crippen LogP contribution in [0.2, 0.25) is 0 Å². The summed E-state index contributed by atoms with van der Waals surface area (Å²) in [6.07, 6.45) is 0.945. The first-order valence-electron chi connectivity index (χ1n) is 5.10. The van der Waals surface area contributed by atoms with E-state index in [4.69, 9.17) is 9.47 Å². The summed E-state index contributed by atoms with van der Waals surface area (Å²) in [6, 6.07) is 0. The Hall–Kier alpha value is -1.56. The topological polar surface area (TPSA) is 82.1 Å². The molecule has 96 valence electrons. The first kappa shape index (κ1) is 13.5. The molecule has 6 heteroatoms. The van der Waals surface area contributed by atoms with Crippen LogP contribution in [-0.2, 0) is 23.8 Å². The van der Waals surface area contributed by atoms with Gasteiger partial charge in [-0.05, 0) is 6.92 Å². The van der Waals surface area contributed by atoms with Crippen molar-refractivity contribution in [3.05, 3.63) is 11.8 Å². The van der Waals surface area contributed by atoms with Gasteiger partial charge in [0.15, 0.2) is 5.60 Å². The van der Waals surface area contributed by atoms with Gasteiger partial charge < -0.3 is 19.3 Å². The summed E-state index contributed by atoms with van der Waals surface area (Å²) < 4.78 is 14.6. The fourth-order valence-corrected chi connectivity index (χ4v) is 1.49. The average molecular weight is 244 g/mol. The van der Waals surface area contributed by atoms with E-state index < -0.39 is 23.3 Å². The molecule has 0 aromatic rings. The zero-order chi connectivity index (χ0) is 13.3. The van der Waals surface area contributed by atoms with E-state index in [1.165, 1.54) is 14.0 Å². The second kappa shape index (κ2) is 4.37. The standard InChI is InChI=1S/C11H16O6/c1-10(2)16-7(5-8(12)17-10)6-11(3,14)9(13)15-4/h5,14H,6H2,1-4H3/t11-/m0/s1. The molecular weight excluding hydrogens is 228 g/mol. The predicted molar refractivity (Wildman–Crippen MR) is 56.6 cm³/mol. The number of cyclic esters (lactones) is 1. The van der Waals surface area contributed by atoms with Gasteiger partial charge in [-0.15, -0.1) is 0 Å². The highest BCUT2D eigenvalue weighted by molar-refractivity contribution is 5.84. The molecule has 1 atom stereocenters. The van der Waals surface area contributed by atoms with Crippen LogP contribution in [0, 0.1) is 0 Å². The third kappa shape index (κ3) is 3.45. The fourth-order valence-electron chi connectivity index (χ4n) is 1.49. The highest BCUT2D eigenvalue weighted by Crippen LogP contribution is 2.27. The Morgan fingerprint density at radius 2 is 2.12 bits per heavy atom. The van der Waals surface area contributed by atoms with E-state index in [0.29, 0.717) is 0 Å². The third-order valence-corrected chi connectivity index (χ3v) is 2.15. The number of hydrogen-bond acceptors (Lipinski definition) is 6. The van der Waals surface area contributed by atoms with Gasteiger partial charge in [-0.1, -0.05) is 0 Å². The minimum absolute atomic E-state index is 0.155. The Balaban J connectivity index is 2.82. The quantitative estimate of drug-likeness (QED) is 0.728. The van der Waals surface area contributed by atoms with Crippen LogP contribution in [0.3, 0.4) is 0 Å². The van der Waals surface area contributed by atoms with Crippen LogP contribution in [0.25, 0.3) is 0 Å². The molecule has 1 aliphatic heterocycles. The number of rotatable bonds is 3. The number of carbonyl (C=O) groups is 2. The van der Waals surface area contributed by atoms with Gasteiger partial charge in [0.1, 0.15) is 5.76 Å². The number of hydrogen-bond donors (Lipinski definition) is 1. The Bertz CT molecular complexity index is 366. The number of esters is 2. The second-order valence-corrected chi connectivity index (χ2v) is 4.48. The highest BCUT2D eigenvalue weighted by atomic mass is 16.7. The number of aliphatic hydroxyl groups is 1. The maximum absolute atomic E-state index is 11.3. The van der Waals surface area contributed by atoms with E-state index in [2.05, 4.69) is 4.74 Å². The molecule has 0 amide bonds. The third-order valence-electron chi connectivity index (χ3n) is 2.15. The molecule has 1 heterocycles. The molecule has 0 radical (unpaired) electrons. The lowest BCUT2D eigenvalue weighted by Crippen LogP contribution is -2.40. The van der Waals surface area contributed by atoms with Crippen molar-refractivity contribution in [2.45, 2.75) is 38.6 Å². The maximum atomic E-state index is 11.3. The normalized spacial score (nSPS) is 21.7. The first-order valence-corrected chi connectivity index (χ1v) is 5.10. The summed E-state index contributed by atoms with van der Waals surface area (Å²) in [5.74, 6) is -2.29. The van der Waals surface area contributed by atoms with Gasteiger partial charge in [-0.3, -0.25) is 0 Å². The van der Waals surface area contributed by atoms with Crippen molar-refractivity contribution < 1.29 is 28.9 Å². The van der Waals surface area contributed by atoms with Gasteiger partial charge in [0.2, 0.25) is 5.79 Å². The molecule has 17 heavy (non-hydrogen) atoms. The molecule has 0 aliphatic carbocycles. The number of carbonyl (C=O) groups excluding carboxylic acids is 2. The molecule has 0 saturated heterocycles. The number of methoxy groups -OCH3 is 1.